The number of carbonyl (C=O) groups is 1. The summed E-state index contributed by atoms with van der Waals surface area (Å²) in [4.78, 5) is 13.9. The number of nitrogens with zero attached hydrogens (tertiary/aromatic N) is 1. The summed E-state index contributed by atoms with van der Waals surface area (Å²) in [5.74, 6) is -0.0222. The predicted octanol–water partition coefficient (Wildman–Crippen LogP) is 1.85. The Kier molecular flexibility index (Phi) is 4.11. The fourth-order valence-electron chi connectivity index (χ4n) is 3.06. The average molecular weight is 296 g/mol. The van der Waals surface area contributed by atoms with Gasteiger partial charge < -0.3 is 10.8 Å². The lowest BCUT2D eigenvalue weighted by molar-refractivity contribution is -0.123. The molecule has 0 spiro atoms. The number of hydrogen-bond donors (Lipinski definition) is 2. The SMILES string of the molecule is NC(=O)[C@H]1Cc2ccc(O)cc2CN1CCc1ccccc1. The van der Waals surface area contributed by atoms with Gasteiger partial charge in [0.2, 0.25) is 5.91 Å². The summed E-state index contributed by atoms with van der Waals surface area (Å²) in [5.41, 5.74) is 9.00. The van der Waals surface area contributed by atoms with Gasteiger partial charge >= 0.3 is 0 Å². The molecule has 2 aromatic carbocycles. The van der Waals surface area contributed by atoms with E-state index in [0.29, 0.717) is 13.0 Å². The largest absolute Gasteiger partial charge is 0.508 e. The summed E-state index contributed by atoms with van der Waals surface area (Å²) in [6.07, 6.45) is 1.48. The van der Waals surface area contributed by atoms with Crippen molar-refractivity contribution < 1.29 is 9.90 Å². The van der Waals surface area contributed by atoms with E-state index in [9.17, 15) is 9.90 Å². The van der Waals surface area contributed by atoms with Crippen molar-refractivity contribution in [3.05, 3.63) is 65.2 Å². The molecule has 22 heavy (non-hydrogen) atoms. The van der Waals surface area contributed by atoms with E-state index in [1.54, 1.807) is 12.1 Å². The minimum atomic E-state index is -0.285. The molecule has 0 radical (unpaired) electrons. The fourth-order valence-corrected chi connectivity index (χ4v) is 3.06. The monoisotopic (exact) mass is 296 g/mol. The Balaban J connectivity index is 1.77. The van der Waals surface area contributed by atoms with Gasteiger partial charge in [0.25, 0.3) is 0 Å². The molecular weight excluding hydrogens is 276 g/mol. The molecule has 1 amide bonds. The summed E-state index contributed by atoms with van der Waals surface area (Å²) in [5, 5.41) is 9.65. The predicted molar refractivity (Wildman–Crippen MR) is 85.3 cm³/mol. The second-order valence-electron chi connectivity index (χ2n) is 5.78. The third kappa shape index (κ3) is 3.12. The molecular formula is C18H20N2O2. The molecule has 114 valence electrons. The quantitative estimate of drug-likeness (QED) is 0.905. The number of benzene rings is 2. The standard InChI is InChI=1S/C18H20N2O2/c19-18(22)17-11-14-6-7-16(21)10-15(14)12-20(17)9-8-13-4-2-1-3-5-13/h1-7,10,17,21H,8-9,11-12H2,(H2,19,22)/t17-/m1/s1. The summed E-state index contributed by atoms with van der Waals surface area (Å²) in [6, 6.07) is 15.3. The number of phenols is 1. The van der Waals surface area contributed by atoms with Gasteiger partial charge in [0.1, 0.15) is 5.75 Å². The first-order chi connectivity index (χ1) is 10.6. The maximum Gasteiger partial charge on any atom is 0.235 e. The fraction of sp³-hybridized carbons (Fsp3) is 0.278. The van der Waals surface area contributed by atoms with Gasteiger partial charge in [-0.1, -0.05) is 36.4 Å². The second-order valence-corrected chi connectivity index (χ2v) is 5.78. The molecule has 1 aliphatic heterocycles. The van der Waals surface area contributed by atoms with Crippen LogP contribution in [0.5, 0.6) is 5.75 Å². The van der Waals surface area contributed by atoms with Crippen molar-refractivity contribution in [1.29, 1.82) is 0 Å². The van der Waals surface area contributed by atoms with E-state index < -0.39 is 0 Å². The Morgan fingerprint density at radius 3 is 2.68 bits per heavy atom. The average Bonchev–Trinajstić information content (AvgIpc) is 2.52. The van der Waals surface area contributed by atoms with E-state index >= 15 is 0 Å². The van der Waals surface area contributed by atoms with Gasteiger partial charge in [-0.2, -0.15) is 0 Å². The molecule has 0 aliphatic carbocycles. The lowest BCUT2D eigenvalue weighted by atomic mass is 9.93. The molecule has 0 aromatic heterocycles. The number of hydrogen-bond acceptors (Lipinski definition) is 3. The van der Waals surface area contributed by atoms with E-state index in [2.05, 4.69) is 17.0 Å². The Bertz CT molecular complexity index is 670. The highest BCUT2D eigenvalue weighted by Crippen LogP contribution is 2.26. The van der Waals surface area contributed by atoms with Crippen LogP contribution < -0.4 is 5.73 Å². The van der Waals surface area contributed by atoms with Gasteiger partial charge in [0.05, 0.1) is 6.04 Å². The molecule has 0 unspecified atom stereocenters. The highest BCUT2D eigenvalue weighted by Gasteiger charge is 2.29. The lowest BCUT2D eigenvalue weighted by Gasteiger charge is -2.35. The van der Waals surface area contributed by atoms with E-state index in [-0.39, 0.29) is 17.7 Å². The summed E-state index contributed by atoms with van der Waals surface area (Å²) >= 11 is 0. The van der Waals surface area contributed by atoms with Crippen LogP contribution in [0.4, 0.5) is 0 Å². The molecule has 1 atom stereocenters. The molecule has 0 saturated heterocycles. The van der Waals surface area contributed by atoms with Crippen molar-refractivity contribution in [1.82, 2.24) is 4.90 Å². The Morgan fingerprint density at radius 2 is 1.95 bits per heavy atom. The maximum atomic E-state index is 11.8. The molecule has 0 saturated carbocycles. The van der Waals surface area contributed by atoms with Crippen molar-refractivity contribution in [2.45, 2.75) is 25.4 Å². The number of carbonyl (C=O) groups excluding carboxylic acids is 1. The van der Waals surface area contributed by atoms with Crippen molar-refractivity contribution in [2.24, 2.45) is 5.73 Å². The van der Waals surface area contributed by atoms with Crippen molar-refractivity contribution in [3.63, 3.8) is 0 Å². The molecule has 0 bridgehead atoms. The van der Waals surface area contributed by atoms with Crippen LogP contribution in [0.1, 0.15) is 16.7 Å². The van der Waals surface area contributed by atoms with Gasteiger partial charge in [0, 0.05) is 13.1 Å². The summed E-state index contributed by atoms with van der Waals surface area (Å²) < 4.78 is 0. The lowest BCUT2D eigenvalue weighted by Crippen LogP contribution is -2.49. The third-order valence-corrected chi connectivity index (χ3v) is 4.28. The van der Waals surface area contributed by atoms with Crippen molar-refractivity contribution in [2.75, 3.05) is 6.54 Å². The van der Waals surface area contributed by atoms with Crippen LogP contribution in [-0.4, -0.2) is 28.5 Å². The number of rotatable bonds is 4. The first-order valence-electron chi connectivity index (χ1n) is 7.51. The number of phenolic OH excluding ortho intramolecular Hbond substituents is 1. The smallest absolute Gasteiger partial charge is 0.235 e. The number of primary amides is 1. The summed E-state index contributed by atoms with van der Waals surface area (Å²) in [6.45, 7) is 1.41. The molecule has 3 N–H and O–H groups in total. The maximum absolute atomic E-state index is 11.8. The molecule has 1 aliphatic rings. The van der Waals surface area contributed by atoms with E-state index in [1.165, 1.54) is 5.56 Å². The highest BCUT2D eigenvalue weighted by molar-refractivity contribution is 5.80. The number of amides is 1. The normalized spacial score (nSPS) is 17.9. The van der Waals surface area contributed by atoms with Crippen molar-refractivity contribution >= 4 is 5.91 Å². The molecule has 1 heterocycles. The zero-order valence-electron chi connectivity index (χ0n) is 12.4. The van der Waals surface area contributed by atoms with Crippen LogP contribution >= 0.6 is 0 Å². The van der Waals surface area contributed by atoms with E-state index in [1.807, 2.05) is 24.3 Å². The molecule has 4 nitrogen and oxygen atoms in total. The Labute approximate surface area is 130 Å². The first kappa shape index (κ1) is 14.6. The first-order valence-corrected chi connectivity index (χ1v) is 7.51. The minimum absolute atomic E-state index is 0.263. The van der Waals surface area contributed by atoms with Crippen LogP contribution in [0, 0.1) is 0 Å². The summed E-state index contributed by atoms with van der Waals surface area (Å²) in [7, 11) is 0. The van der Waals surface area contributed by atoms with Crippen LogP contribution in [-0.2, 0) is 24.2 Å². The highest BCUT2D eigenvalue weighted by atomic mass is 16.3. The van der Waals surface area contributed by atoms with E-state index in [0.717, 1.165) is 24.1 Å². The van der Waals surface area contributed by atoms with Crippen molar-refractivity contribution in [3.8, 4) is 5.75 Å². The molecule has 2 aromatic rings. The Hall–Kier alpha value is -2.33. The van der Waals surface area contributed by atoms with Gasteiger partial charge in [-0.25, -0.2) is 0 Å². The molecule has 3 rings (SSSR count). The zero-order chi connectivity index (χ0) is 15.5. The van der Waals surface area contributed by atoms with Crippen LogP contribution in [0.15, 0.2) is 48.5 Å². The third-order valence-electron chi connectivity index (χ3n) is 4.28. The van der Waals surface area contributed by atoms with Crippen LogP contribution in [0.2, 0.25) is 0 Å². The number of fused-ring (bicyclic) bond motifs is 1. The molecule has 0 fully saturated rings. The Morgan fingerprint density at radius 1 is 1.18 bits per heavy atom. The van der Waals surface area contributed by atoms with Gasteiger partial charge in [-0.15, -0.1) is 0 Å². The van der Waals surface area contributed by atoms with Gasteiger partial charge in [-0.05, 0) is 41.7 Å². The number of aromatic hydroxyl groups is 1. The van der Waals surface area contributed by atoms with Gasteiger partial charge in [-0.3, -0.25) is 9.69 Å². The minimum Gasteiger partial charge on any atom is -0.508 e. The van der Waals surface area contributed by atoms with Crippen LogP contribution in [0.25, 0.3) is 0 Å². The molecule has 4 heteroatoms. The number of nitrogens with two attached hydrogens (primary N) is 1. The second kappa shape index (κ2) is 6.20. The van der Waals surface area contributed by atoms with Crippen LogP contribution in [0.3, 0.4) is 0 Å². The van der Waals surface area contributed by atoms with Gasteiger partial charge in [0.15, 0.2) is 0 Å². The topological polar surface area (TPSA) is 66.6 Å². The zero-order valence-corrected chi connectivity index (χ0v) is 12.4. The van der Waals surface area contributed by atoms with E-state index in [4.69, 9.17) is 5.73 Å².